The van der Waals surface area contributed by atoms with Crippen LogP contribution >= 0.6 is 24.8 Å². The van der Waals surface area contributed by atoms with Crippen LogP contribution in [0.15, 0.2) is 24.3 Å². The van der Waals surface area contributed by atoms with Crippen LogP contribution in [-0.2, 0) is 0 Å². The Hall–Kier alpha value is -1.34. The van der Waals surface area contributed by atoms with E-state index in [1.165, 1.54) is 0 Å². The lowest BCUT2D eigenvalue weighted by Gasteiger charge is -2.50. The Morgan fingerprint density at radius 2 is 1.80 bits per heavy atom. The molecule has 2 unspecified atom stereocenters. The van der Waals surface area contributed by atoms with Gasteiger partial charge in [-0.2, -0.15) is 5.10 Å². The number of nitrogens with one attached hydrogen (secondary N) is 2. The first-order chi connectivity index (χ1) is 11.1. The molecule has 25 heavy (non-hydrogen) atoms. The number of piperazine rings is 1. The molecule has 0 spiro atoms. The van der Waals surface area contributed by atoms with Gasteiger partial charge in [0.05, 0.1) is 5.52 Å². The van der Waals surface area contributed by atoms with E-state index in [0.717, 1.165) is 36.8 Å². The molecule has 2 aliphatic rings. The van der Waals surface area contributed by atoms with Gasteiger partial charge in [0.25, 0.3) is 5.91 Å². The number of aromatic nitrogens is 2. The van der Waals surface area contributed by atoms with Gasteiger partial charge in [0.2, 0.25) is 0 Å². The number of H-pyrrole nitrogens is 1. The summed E-state index contributed by atoms with van der Waals surface area (Å²) >= 11 is 0. The molecule has 1 aromatic heterocycles. The molecular formula is C17H25Cl2N5O. The van der Waals surface area contributed by atoms with Crippen molar-refractivity contribution in [1.82, 2.24) is 25.3 Å². The molecule has 0 radical (unpaired) electrons. The monoisotopic (exact) mass is 385 g/mol. The van der Waals surface area contributed by atoms with Crippen molar-refractivity contribution < 1.29 is 4.79 Å². The highest BCUT2D eigenvalue weighted by molar-refractivity contribution is 6.04. The van der Waals surface area contributed by atoms with Crippen LogP contribution in [0.2, 0.25) is 0 Å². The van der Waals surface area contributed by atoms with E-state index in [0.29, 0.717) is 17.8 Å². The van der Waals surface area contributed by atoms with Crippen molar-refractivity contribution in [3.05, 3.63) is 30.0 Å². The fourth-order valence-corrected chi connectivity index (χ4v) is 4.09. The minimum Gasteiger partial charge on any atom is -0.348 e. The number of carbonyl (C=O) groups is 1. The molecule has 1 aromatic carbocycles. The number of benzene rings is 1. The lowest BCUT2D eigenvalue weighted by atomic mass is 9.88. The largest absolute Gasteiger partial charge is 0.348 e. The number of hydrogen-bond acceptors (Lipinski definition) is 4. The van der Waals surface area contributed by atoms with Crippen molar-refractivity contribution in [3.63, 3.8) is 0 Å². The molecule has 2 atom stereocenters. The quantitative estimate of drug-likeness (QED) is 0.828. The van der Waals surface area contributed by atoms with Crippen molar-refractivity contribution in [2.75, 3.05) is 27.2 Å². The Bertz CT molecular complexity index is 721. The van der Waals surface area contributed by atoms with Crippen molar-refractivity contribution in [1.29, 1.82) is 0 Å². The highest BCUT2D eigenvalue weighted by Crippen LogP contribution is 2.27. The maximum absolute atomic E-state index is 12.6. The van der Waals surface area contributed by atoms with Crippen LogP contribution in [0.5, 0.6) is 0 Å². The average Bonchev–Trinajstić information content (AvgIpc) is 2.93. The summed E-state index contributed by atoms with van der Waals surface area (Å²) in [5.41, 5.74) is 1.40. The summed E-state index contributed by atoms with van der Waals surface area (Å²) in [6.07, 6.45) is 2.01. The number of carbonyl (C=O) groups excluding carboxylic acids is 1. The molecule has 2 fully saturated rings. The van der Waals surface area contributed by atoms with Gasteiger partial charge in [-0.15, -0.1) is 24.8 Å². The van der Waals surface area contributed by atoms with Gasteiger partial charge in [0, 0.05) is 36.6 Å². The number of fused-ring (bicyclic) bond motifs is 3. The number of likely N-dealkylation sites (N-methyl/N-ethyl adjacent to an activating group) is 2. The van der Waals surface area contributed by atoms with E-state index in [4.69, 9.17) is 0 Å². The van der Waals surface area contributed by atoms with E-state index in [2.05, 4.69) is 39.4 Å². The molecule has 2 saturated heterocycles. The topological polar surface area (TPSA) is 64.3 Å². The maximum Gasteiger partial charge on any atom is 0.272 e. The van der Waals surface area contributed by atoms with Gasteiger partial charge in [-0.3, -0.25) is 14.8 Å². The molecule has 3 heterocycles. The van der Waals surface area contributed by atoms with Crippen molar-refractivity contribution >= 4 is 41.6 Å². The van der Waals surface area contributed by atoms with Gasteiger partial charge in [0.1, 0.15) is 0 Å². The number of nitrogens with zero attached hydrogens (tertiary/aromatic N) is 3. The summed E-state index contributed by atoms with van der Waals surface area (Å²) < 4.78 is 0. The van der Waals surface area contributed by atoms with Gasteiger partial charge in [-0.25, -0.2) is 0 Å². The van der Waals surface area contributed by atoms with E-state index in [-0.39, 0.29) is 36.8 Å². The normalized spacial score (nSPS) is 26.6. The molecule has 0 saturated carbocycles. The molecule has 8 heteroatoms. The number of aromatic amines is 1. The second-order valence-corrected chi connectivity index (χ2v) is 6.95. The maximum atomic E-state index is 12.6. The Kier molecular flexibility index (Phi) is 6.32. The molecule has 2 aliphatic heterocycles. The van der Waals surface area contributed by atoms with E-state index < -0.39 is 0 Å². The lowest BCUT2D eigenvalue weighted by molar-refractivity contribution is 0.00838. The van der Waals surface area contributed by atoms with Crippen molar-refractivity contribution in [3.8, 4) is 0 Å². The fraction of sp³-hybridized carbons (Fsp3) is 0.529. The summed E-state index contributed by atoms with van der Waals surface area (Å²) in [4.78, 5) is 17.5. The highest BCUT2D eigenvalue weighted by Gasteiger charge is 2.38. The van der Waals surface area contributed by atoms with E-state index >= 15 is 0 Å². The Labute approximate surface area is 160 Å². The average molecular weight is 386 g/mol. The van der Waals surface area contributed by atoms with Crippen LogP contribution < -0.4 is 5.32 Å². The first-order valence-corrected chi connectivity index (χ1v) is 8.26. The molecule has 0 aliphatic carbocycles. The van der Waals surface area contributed by atoms with Crippen LogP contribution in [0.3, 0.4) is 0 Å². The zero-order valence-electron chi connectivity index (χ0n) is 14.4. The zero-order chi connectivity index (χ0) is 16.0. The molecule has 2 aromatic rings. The smallest absolute Gasteiger partial charge is 0.272 e. The van der Waals surface area contributed by atoms with Gasteiger partial charge in [-0.1, -0.05) is 18.2 Å². The molecule has 2 N–H and O–H groups in total. The molecule has 1 amide bonds. The predicted octanol–water partition coefficient (Wildman–Crippen LogP) is 1.91. The van der Waals surface area contributed by atoms with Crippen LogP contribution in [0.1, 0.15) is 23.3 Å². The van der Waals surface area contributed by atoms with Gasteiger partial charge in [0.15, 0.2) is 5.69 Å². The number of likely N-dealkylation sites (tertiary alicyclic amines) is 1. The number of para-hydroxylation sites is 1. The Balaban J connectivity index is 0.00000113. The first-order valence-electron chi connectivity index (χ1n) is 8.26. The summed E-state index contributed by atoms with van der Waals surface area (Å²) in [5, 5.41) is 11.2. The Morgan fingerprint density at radius 3 is 2.48 bits per heavy atom. The highest BCUT2D eigenvalue weighted by atomic mass is 35.5. The van der Waals surface area contributed by atoms with Crippen molar-refractivity contribution in [2.24, 2.45) is 0 Å². The minimum absolute atomic E-state index is 0. The standard InChI is InChI=1S/C17H23N5O.2ClH/c1-21-9-12-7-11(8-13(10-21)22(12)2)18-17(23)16-14-5-3-4-6-15(14)19-20-16;;/h3-6,11-13H,7-10H2,1-2H3,(H,18,23)(H,19,20);2*1H. The number of halogens is 2. The van der Waals surface area contributed by atoms with Gasteiger partial charge >= 0.3 is 0 Å². The molecule has 6 nitrogen and oxygen atoms in total. The van der Waals surface area contributed by atoms with E-state index in [1.54, 1.807) is 0 Å². The number of rotatable bonds is 2. The van der Waals surface area contributed by atoms with Crippen molar-refractivity contribution in [2.45, 2.75) is 31.0 Å². The fourth-order valence-electron chi connectivity index (χ4n) is 4.09. The summed E-state index contributed by atoms with van der Waals surface area (Å²) in [6.45, 7) is 2.15. The molecule has 138 valence electrons. The molecule has 4 rings (SSSR count). The van der Waals surface area contributed by atoms with Gasteiger partial charge < -0.3 is 10.2 Å². The SMILES string of the molecule is CN1CC2CC(NC(=O)c3n[nH]c4ccccc34)CC(C1)N2C.Cl.Cl. The molecular weight excluding hydrogens is 361 g/mol. The number of hydrogen-bond donors (Lipinski definition) is 2. The van der Waals surface area contributed by atoms with Crippen LogP contribution in [-0.4, -0.2) is 71.2 Å². The summed E-state index contributed by atoms with van der Waals surface area (Å²) in [6, 6.07) is 9.03. The number of piperidine rings is 1. The van der Waals surface area contributed by atoms with Crippen LogP contribution in [0, 0.1) is 0 Å². The number of amides is 1. The summed E-state index contributed by atoms with van der Waals surface area (Å²) in [7, 11) is 4.39. The molecule has 2 bridgehead atoms. The third-order valence-electron chi connectivity index (χ3n) is 5.33. The van der Waals surface area contributed by atoms with E-state index in [9.17, 15) is 4.79 Å². The van der Waals surface area contributed by atoms with Gasteiger partial charge in [-0.05, 0) is 33.0 Å². The third kappa shape index (κ3) is 3.77. The second-order valence-electron chi connectivity index (χ2n) is 6.95. The zero-order valence-corrected chi connectivity index (χ0v) is 16.1. The second kappa shape index (κ2) is 7.91. The lowest BCUT2D eigenvalue weighted by Crippen LogP contribution is -2.63. The van der Waals surface area contributed by atoms with Crippen LogP contribution in [0.4, 0.5) is 0 Å². The summed E-state index contributed by atoms with van der Waals surface area (Å²) in [5.74, 6) is -0.0663. The minimum atomic E-state index is -0.0663. The Morgan fingerprint density at radius 1 is 1.16 bits per heavy atom. The predicted molar refractivity (Wildman–Crippen MR) is 104 cm³/mol. The first kappa shape index (κ1) is 20.0. The van der Waals surface area contributed by atoms with Crippen LogP contribution in [0.25, 0.3) is 10.9 Å². The third-order valence-corrected chi connectivity index (χ3v) is 5.33. The van der Waals surface area contributed by atoms with E-state index in [1.807, 2.05) is 24.3 Å².